The Bertz CT molecular complexity index is 348. The van der Waals surface area contributed by atoms with E-state index in [-0.39, 0.29) is 6.42 Å². The van der Waals surface area contributed by atoms with Gasteiger partial charge in [-0.3, -0.25) is 4.79 Å². The number of ether oxygens (including phenoxy) is 1. The third-order valence-corrected chi connectivity index (χ3v) is 2.41. The lowest BCUT2D eigenvalue weighted by atomic mass is 10.2. The average molecular weight is 237 g/mol. The molecule has 0 fully saturated rings. The summed E-state index contributed by atoms with van der Waals surface area (Å²) in [4.78, 5) is 12.4. The Hall–Kier alpha value is -1.71. The first kappa shape index (κ1) is 13.4. The second-order valence-electron chi connectivity index (χ2n) is 3.91. The molecule has 0 aliphatic heterocycles. The molecule has 0 saturated carbocycles. The van der Waals surface area contributed by atoms with Gasteiger partial charge in [-0.15, -0.1) is 0 Å². The van der Waals surface area contributed by atoms with Crippen molar-refractivity contribution in [3.63, 3.8) is 0 Å². The molecule has 0 spiro atoms. The molecule has 0 unspecified atom stereocenters. The molecule has 0 radical (unpaired) electrons. The van der Waals surface area contributed by atoms with Crippen molar-refractivity contribution in [1.82, 2.24) is 0 Å². The lowest BCUT2D eigenvalue weighted by Gasteiger charge is -2.18. The monoisotopic (exact) mass is 237 g/mol. The Balaban J connectivity index is 2.51. The lowest BCUT2D eigenvalue weighted by Crippen LogP contribution is -2.20. The normalized spacial score (nSPS) is 10.0. The van der Waals surface area contributed by atoms with Crippen LogP contribution in [0.4, 0.5) is 5.69 Å². The molecule has 1 N–H and O–H groups in total. The summed E-state index contributed by atoms with van der Waals surface area (Å²) in [7, 11) is 1.88. The van der Waals surface area contributed by atoms with Crippen LogP contribution in [0.15, 0.2) is 24.3 Å². The molecule has 1 aromatic carbocycles. The van der Waals surface area contributed by atoms with Gasteiger partial charge in [0.1, 0.15) is 5.75 Å². The van der Waals surface area contributed by atoms with E-state index in [1.807, 2.05) is 36.2 Å². The summed E-state index contributed by atoms with van der Waals surface area (Å²) in [5, 5.41) is 8.60. The van der Waals surface area contributed by atoms with Crippen LogP contribution >= 0.6 is 0 Å². The zero-order valence-electron chi connectivity index (χ0n) is 10.3. The predicted molar refractivity (Wildman–Crippen MR) is 67.8 cm³/mol. The molecular weight excluding hydrogens is 218 g/mol. The van der Waals surface area contributed by atoms with Gasteiger partial charge in [0.2, 0.25) is 0 Å². The fraction of sp³-hybridized carbons (Fsp3) is 0.462. The molecule has 0 amide bonds. The number of benzene rings is 1. The van der Waals surface area contributed by atoms with Gasteiger partial charge in [0.25, 0.3) is 0 Å². The maximum absolute atomic E-state index is 10.5. The number of hydrogen-bond donors (Lipinski definition) is 1. The van der Waals surface area contributed by atoms with E-state index in [0.717, 1.165) is 17.9 Å². The molecule has 0 saturated heterocycles. The Morgan fingerprint density at radius 2 is 2.00 bits per heavy atom. The Labute approximate surface area is 102 Å². The van der Waals surface area contributed by atoms with E-state index in [4.69, 9.17) is 9.84 Å². The molecule has 0 heterocycles. The number of aliphatic carboxylic acids is 1. The highest BCUT2D eigenvalue weighted by Crippen LogP contribution is 2.18. The van der Waals surface area contributed by atoms with Crippen molar-refractivity contribution in [2.75, 3.05) is 25.1 Å². The van der Waals surface area contributed by atoms with Crippen LogP contribution in [-0.4, -0.2) is 31.3 Å². The highest BCUT2D eigenvalue weighted by Gasteiger charge is 2.04. The van der Waals surface area contributed by atoms with E-state index >= 15 is 0 Å². The lowest BCUT2D eigenvalue weighted by molar-refractivity contribution is -0.136. The topological polar surface area (TPSA) is 49.8 Å². The summed E-state index contributed by atoms with van der Waals surface area (Å²) in [5.74, 6) is 0.0713. The van der Waals surface area contributed by atoms with Gasteiger partial charge in [0.05, 0.1) is 13.0 Å². The number of carbonyl (C=O) groups is 1. The molecule has 1 aromatic rings. The standard InChI is InChI=1S/C13H19NO3/c1-3-10-17-12-6-4-11(5-7-12)14(2)9-8-13(15)16/h4-7H,3,8-10H2,1-2H3,(H,15,16). The van der Waals surface area contributed by atoms with Crippen molar-refractivity contribution in [2.24, 2.45) is 0 Å². The van der Waals surface area contributed by atoms with Crippen molar-refractivity contribution in [2.45, 2.75) is 19.8 Å². The Morgan fingerprint density at radius 1 is 1.35 bits per heavy atom. The van der Waals surface area contributed by atoms with E-state index < -0.39 is 5.97 Å². The summed E-state index contributed by atoms with van der Waals surface area (Å²) in [5.41, 5.74) is 0.995. The van der Waals surface area contributed by atoms with Gasteiger partial charge >= 0.3 is 5.97 Å². The minimum Gasteiger partial charge on any atom is -0.494 e. The second kappa shape index (κ2) is 6.78. The molecule has 0 atom stereocenters. The Morgan fingerprint density at radius 3 is 2.53 bits per heavy atom. The number of rotatable bonds is 7. The molecule has 94 valence electrons. The molecule has 0 aliphatic carbocycles. The van der Waals surface area contributed by atoms with Gasteiger partial charge in [-0.1, -0.05) is 6.92 Å². The smallest absolute Gasteiger partial charge is 0.305 e. The minimum atomic E-state index is -0.778. The zero-order chi connectivity index (χ0) is 12.7. The zero-order valence-corrected chi connectivity index (χ0v) is 10.3. The average Bonchev–Trinajstić information content (AvgIpc) is 2.34. The van der Waals surface area contributed by atoms with Crippen LogP contribution < -0.4 is 9.64 Å². The summed E-state index contributed by atoms with van der Waals surface area (Å²) >= 11 is 0. The molecule has 0 aliphatic rings. The molecule has 17 heavy (non-hydrogen) atoms. The number of hydrogen-bond acceptors (Lipinski definition) is 3. The maximum Gasteiger partial charge on any atom is 0.305 e. The fourth-order valence-electron chi connectivity index (χ4n) is 1.41. The van der Waals surface area contributed by atoms with Crippen LogP contribution in [0.25, 0.3) is 0 Å². The van der Waals surface area contributed by atoms with Crippen LogP contribution in [-0.2, 0) is 4.79 Å². The first-order valence-electron chi connectivity index (χ1n) is 5.79. The quantitative estimate of drug-likeness (QED) is 0.791. The molecule has 0 bridgehead atoms. The number of anilines is 1. The van der Waals surface area contributed by atoms with Gasteiger partial charge in [0, 0.05) is 19.3 Å². The van der Waals surface area contributed by atoms with Crippen molar-refractivity contribution in [3.05, 3.63) is 24.3 Å². The predicted octanol–water partition coefficient (Wildman–Crippen LogP) is 2.39. The third kappa shape index (κ3) is 4.76. The van der Waals surface area contributed by atoms with Crippen molar-refractivity contribution in [3.8, 4) is 5.75 Å². The van der Waals surface area contributed by atoms with Crippen LogP contribution in [0.3, 0.4) is 0 Å². The van der Waals surface area contributed by atoms with Gasteiger partial charge in [-0.2, -0.15) is 0 Å². The van der Waals surface area contributed by atoms with E-state index in [2.05, 4.69) is 6.92 Å². The fourth-order valence-corrected chi connectivity index (χ4v) is 1.41. The maximum atomic E-state index is 10.5. The van der Waals surface area contributed by atoms with Crippen molar-refractivity contribution >= 4 is 11.7 Å². The van der Waals surface area contributed by atoms with Gasteiger partial charge in [-0.25, -0.2) is 0 Å². The largest absolute Gasteiger partial charge is 0.494 e. The van der Waals surface area contributed by atoms with Crippen molar-refractivity contribution in [1.29, 1.82) is 0 Å². The second-order valence-corrected chi connectivity index (χ2v) is 3.91. The highest BCUT2D eigenvalue weighted by atomic mass is 16.5. The van der Waals surface area contributed by atoms with E-state index in [9.17, 15) is 4.79 Å². The van der Waals surface area contributed by atoms with Crippen molar-refractivity contribution < 1.29 is 14.6 Å². The summed E-state index contributed by atoms with van der Waals surface area (Å²) in [6.07, 6.45) is 1.13. The number of carboxylic acids is 1. The van der Waals surface area contributed by atoms with Crippen LogP contribution in [0, 0.1) is 0 Å². The number of carboxylic acid groups (broad SMARTS) is 1. The minimum absolute atomic E-state index is 0.143. The van der Waals surface area contributed by atoms with Crippen LogP contribution in [0.5, 0.6) is 5.75 Å². The van der Waals surface area contributed by atoms with Gasteiger partial charge in [-0.05, 0) is 30.7 Å². The number of nitrogens with zero attached hydrogens (tertiary/aromatic N) is 1. The molecule has 1 rings (SSSR count). The highest BCUT2D eigenvalue weighted by molar-refractivity contribution is 5.67. The summed E-state index contributed by atoms with van der Waals surface area (Å²) in [6, 6.07) is 7.68. The summed E-state index contributed by atoms with van der Waals surface area (Å²) < 4.78 is 5.48. The molecule has 4 nitrogen and oxygen atoms in total. The first-order valence-corrected chi connectivity index (χ1v) is 5.79. The molecular formula is C13H19NO3. The van der Waals surface area contributed by atoms with Crippen LogP contribution in [0.2, 0.25) is 0 Å². The van der Waals surface area contributed by atoms with Gasteiger partial charge < -0.3 is 14.7 Å². The van der Waals surface area contributed by atoms with Gasteiger partial charge in [0.15, 0.2) is 0 Å². The van der Waals surface area contributed by atoms with E-state index in [1.54, 1.807) is 0 Å². The SMILES string of the molecule is CCCOc1ccc(N(C)CCC(=O)O)cc1. The molecule has 0 aromatic heterocycles. The van der Waals surface area contributed by atoms with E-state index in [1.165, 1.54) is 0 Å². The Kier molecular flexibility index (Phi) is 5.33. The van der Waals surface area contributed by atoms with Crippen LogP contribution in [0.1, 0.15) is 19.8 Å². The molecule has 4 heteroatoms. The van der Waals surface area contributed by atoms with E-state index in [0.29, 0.717) is 13.2 Å². The first-order chi connectivity index (χ1) is 8.13. The third-order valence-electron chi connectivity index (χ3n) is 2.41. The summed E-state index contributed by atoms with van der Waals surface area (Å²) in [6.45, 7) is 3.28.